The lowest BCUT2D eigenvalue weighted by molar-refractivity contribution is 0.325. The maximum Gasteiger partial charge on any atom is 0.113 e. The van der Waals surface area contributed by atoms with Crippen molar-refractivity contribution in [1.29, 1.82) is 0 Å². The van der Waals surface area contributed by atoms with Crippen molar-refractivity contribution in [3.8, 4) is 0 Å². The molecule has 1 N–H and O–H groups in total. The van der Waals surface area contributed by atoms with E-state index in [1.54, 1.807) is 0 Å². The molecule has 54 valence electrons. The van der Waals surface area contributed by atoms with E-state index in [1.165, 1.54) is 5.56 Å². The normalized spacial score (nSPS) is 28.4. The Morgan fingerprint density at radius 1 is 1.60 bits per heavy atom. The summed E-state index contributed by atoms with van der Waals surface area (Å²) in [5, 5.41) is 0. The van der Waals surface area contributed by atoms with Crippen molar-refractivity contribution in [2.75, 3.05) is 0 Å². The summed E-state index contributed by atoms with van der Waals surface area (Å²) in [6, 6.07) is 2.05. The van der Waals surface area contributed by atoms with Gasteiger partial charge in [0.2, 0.25) is 0 Å². The van der Waals surface area contributed by atoms with E-state index < -0.39 is 0 Å². The first kappa shape index (κ1) is 5.98. The number of H-pyrrole nitrogens is 1. The first-order valence-corrected chi connectivity index (χ1v) is 3.51. The molecule has 0 aliphatic carbocycles. The summed E-state index contributed by atoms with van der Waals surface area (Å²) in [6.07, 6.45) is 4.23. The minimum absolute atomic E-state index is 0.0716. The summed E-state index contributed by atoms with van der Waals surface area (Å²) in [5.41, 5.74) is 1.33. The van der Waals surface area contributed by atoms with E-state index in [0.717, 1.165) is 0 Å². The number of hydrogen-bond acceptors (Lipinski definition) is 1. The second kappa shape index (κ2) is 1.64. The van der Waals surface area contributed by atoms with Crippen molar-refractivity contribution in [1.82, 2.24) is 4.98 Å². The zero-order valence-corrected chi connectivity index (χ0v) is 6.22. The highest BCUT2D eigenvalue weighted by Gasteiger charge is 2.48. The van der Waals surface area contributed by atoms with Crippen LogP contribution in [0.4, 0.5) is 0 Å². The average Bonchev–Trinajstić information content (AvgIpc) is 2.31. The lowest BCUT2D eigenvalue weighted by atomic mass is 10.1. The summed E-state index contributed by atoms with van der Waals surface area (Å²) in [4.78, 5) is 3.01. The van der Waals surface area contributed by atoms with Crippen LogP contribution in [0.2, 0.25) is 0 Å². The van der Waals surface area contributed by atoms with Gasteiger partial charge in [-0.15, -0.1) is 0 Å². The molecular weight excluding hydrogens is 126 g/mol. The van der Waals surface area contributed by atoms with Crippen molar-refractivity contribution in [3.63, 3.8) is 0 Å². The van der Waals surface area contributed by atoms with Crippen LogP contribution in [0, 0.1) is 0 Å². The Morgan fingerprint density at radius 3 is 2.70 bits per heavy atom. The molecule has 10 heavy (non-hydrogen) atoms. The first-order valence-electron chi connectivity index (χ1n) is 3.51. The van der Waals surface area contributed by atoms with E-state index in [-0.39, 0.29) is 5.60 Å². The van der Waals surface area contributed by atoms with Gasteiger partial charge in [-0.2, -0.15) is 0 Å². The van der Waals surface area contributed by atoms with Gasteiger partial charge in [0.1, 0.15) is 6.10 Å². The van der Waals surface area contributed by atoms with Crippen LogP contribution in [0.5, 0.6) is 0 Å². The van der Waals surface area contributed by atoms with E-state index in [2.05, 4.69) is 24.9 Å². The molecule has 1 aromatic rings. The van der Waals surface area contributed by atoms with Crippen molar-refractivity contribution < 1.29 is 4.74 Å². The molecule has 1 saturated heterocycles. The molecule has 1 aliphatic rings. The SMILES string of the molecule is CC1(C)OC1c1cc[nH]c1. The van der Waals surface area contributed by atoms with E-state index >= 15 is 0 Å². The van der Waals surface area contributed by atoms with Gasteiger partial charge in [-0.25, -0.2) is 0 Å². The van der Waals surface area contributed by atoms with Crippen LogP contribution in [0.1, 0.15) is 25.5 Å². The fourth-order valence-corrected chi connectivity index (χ4v) is 1.24. The number of ether oxygens (including phenoxy) is 1. The van der Waals surface area contributed by atoms with Crippen molar-refractivity contribution >= 4 is 0 Å². The maximum atomic E-state index is 5.43. The van der Waals surface area contributed by atoms with E-state index in [9.17, 15) is 0 Å². The Balaban J connectivity index is 2.19. The van der Waals surface area contributed by atoms with Crippen LogP contribution in [0.15, 0.2) is 18.5 Å². The van der Waals surface area contributed by atoms with Gasteiger partial charge in [0, 0.05) is 18.0 Å². The van der Waals surface area contributed by atoms with Crippen molar-refractivity contribution in [2.45, 2.75) is 25.6 Å². The molecule has 0 amide bonds. The molecule has 2 nitrogen and oxygen atoms in total. The zero-order chi connectivity index (χ0) is 7.19. The van der Waals surface area contributed by atoms with Crippen LogP contribution in [-0.4, -0.2) is 10.6 Å². The summed E-state index contributed by atoms with van der Waals surface area (Å²) in [7, 11) is 0. The molecule has 0 bridgehead atoms. The quantitative estimate of drug-likeness (QED) is 0.588. The van der Waals surface area contributed by atoms with Gasteiger partial charge in [0.25, 0.3) is 0 Å². The molecule has 2 rings (SSSR count). The Hall–Kier alpha value is -0.760. The number of epoxide rings is 1. The molecule has 1 aliphatic heterocycles. The third-order valence-electron chi connectivity index (χ3n) is 1.92. The Kier molecular flexibility index (Phi) is 0.980. The minimum atomic E-state index is 0.0716. The fourth-order valence-electron chi connectivity index (χ4n) is 1.24. The predicted molar refractivity (Wildman–Crippen MR) is 38.7 cm³/mol. The van der Waals surface area contributed by atoms with E-state index in [0.29, 0.717) is 6.10 Å². The Morgan fingerprint density at radius 2 is 2.30 bits per heavy atom. The third kappa shape index (κ3) is 0.762. The summed E-state index contributed by atoms with van der Waals surface area (Å²) in [5.74, 6) is 0. The molecule has 2 heterocycles. The Labute approximate surface area is 60.2 Å². The Bertz CT molecular complexity index is 225. The number of aromatic nitrogens is 1. The van der Waals surface area contributed by atoms with E-state index in [4.69, 9.17) is 4.74 Å². The van der Waals surface area contributed by atoms with Crippen LogP contribution in [0.3, 0.4) is 0 Å². The second-order valence-electron chi connectivity index (χ2n) is 3.25. The monoisotopic (exact) mass is 137 g/mol. The van der Waals surface area contributed by atoms with Gasteiger partial charge in [-0.3, -0.25) is 0 Å². The smallest absolute Gasteiger partial charge is 0.113 e. The molecule has 0 aromatic carbocycles. The standard InChI is InChI=1S/C8H11NO/c1-8(2)7(10-8)6-3-4-9-5-6/h3-5,7,9H,1-2H3. The molecular formula is C8H11NO. The molecule has 0 spiro atoms. The summed E-state index contributed by atoms with van der Waals surface area (Å²) >= 11 is 0. The molecule has 1 unspecified atom stereocenters. The van der Waals surface area contributed by atoms with Crippen LogP contribution in [0.25, 0.3) is 0 Å². The molecule has 2 heteroatoms. The van der Waals surface area contributed by atoms with Crippen LogP contribution in [-0.2, 0) is 4.74 Å². The van der Waals surface area contributed by atoms with Crippen LogP contribution >= 0.6 is 0 Å². The zero-order valence-electron chi connectivity index (χ0n) is 6.22. The fraction of sp³-hybridized carbons (Fsp3) is 0.500. The van der Waals surface area contributed by atoms with Gasteiger partial charge < -0.3 is 9.72 Å². The van der Waals surface area contributed by atoms with Gasteiger partial charge >= 0.3 is 0 Å². The van der Waals surface area contributed by atoms with Crippen molar-refractivity contribution in [2.24, 2.45) is 0 Å². The molecule has 1 atom stereocenters. The van der Waals surface area contributed by atoms with E-state index in [1.807, 2.05) is 12.4 Å². The number of nitrogens with one attached hydrogen (secondary N) is 1. The highest BCUT2D eigenvalue weighted by atomic mass is 16.6. The van der Waals surface area contributed by atoms with Crippen molar-refractivity contribution in [3.05, 3.63) is 24.0 Å². The summed E-state index contributed by atoms with van der Waals surface area (Å²) < 4.78 is 5.43. The highest BCUT2D eigenvalue weighted by molar-refractivity contribution is 5.21. The average molecular weight is 137 g/mol. The molecule has 1 aromatic heterocycles. The summed E-state index contributed by atoms with van der Waals surface area (Å²) in [6.45, 7) is 4.20. The largest absolute Gasteiger partial charge is 0.367 e. The topological polar surface area (TPSA) is 28.3 Å². The molecule has 0 saturated carbocycles. The number of hydrogen-bond donors (Lipinski definition) is 1. The second-order valence-corrected chi connectivity index (χ2v) is 3.25. The highest BCUT2D eigenvalue weighted by Crippen LogP contribution is 2.48. The number of rotatable bonds is 1. The lowest BCUT2D eigenvalue weighted by Gasteiger charge is -1.90. The lowest BCUT2D eigenvalue weighted by Crippen LogP contribution is -1.96. The van der Waals surface area contributed by atoms with Gasteiger partial charge in [-0.1, -0.05) is 0 Å². The third-order valence-corrected chi connectivity index (χ3v) is 1.92. The number of aromatic amines is 1. The van der Waals surface area contributed by atoms with Crippen LogP contribution < -0.4 is 0 Å². The molecule has 0 radical (unpaired) electrons. The van der Waals surface area contributed by atoms with Gasteiger partial charge in [0.15, 0.2) is 0 Å². The van der Waals surface area contributed by atoms with Gasteiger partial charge in [-0.05, 0) is 19.9 Å². The minimum Gasteiger partial charge on any atom is -0.367 e. The molecule has 1 fully saturated rings. The first-order chi connectivity index (χ1) is 4.70. The maximum absolute atomic E-state index is 5.43. The van der Waals surface area contributed by atoms with Gasteiger partial charge in [0.05, 0.1) is 5.60 Å². The predicted octanol–water partition coefficient (Wildman–Crippen LogP) is 1.86.